The van der Waals surface area contributed by atoms with Gasteiger partial charge in [-0.05, 0) is 42.8 Å². The molecule has 2 bridgehead atoms. The molecule has 5 rings (SSSR count). The van der Waals surface area contributed by atoms with Gasteiger partial charge >= 0.3 is 12.2 Å². The number of nitriles is 1. The van der Waals surface area contributed by atoms with Crippen molar-refractivity contribution in [1.82, 2.24) is 9.80 Å². The number of urea groups is 1. The molecule has 11 heteroatoms. The molecule has 168 valence electrons. The van der Waals surface area contributed by atoms with Crippen LogP contribution in [0.25, 0.3) is 0 Å². The largest absolute Gasteiger partial charge is 0.417 e. The van der Waals surface area contributed by atoms with Crippen LogP contribution in [0.1, 0.15) is 27.9 Å². The molecule has 3 atom stereocenters. The average Bonchev–Trinajstić information content (AvgIpc) is 3.43. The highest BCUT2D eigenvalue weighted by Gasteiger charge is 2.63. The number of carbonyl (C=O) groups is 3. The standard InChI is InChI=1S/C22H14BrF3N4O3/c23-13-3-1-2-11(6-13)19(31)28-10-15-8-17(28)18-20(32)30(21(33)29(15)18)14-5-4-12(9-27)16(7-14)22(24,25)26/h1-7,15,17-18H,8,10H2. The summed E-state index contributed by atoms with van der Waals surface area (Å²) in [4.78, 5) is 43.0. The van der Waals surface area contributed by atoms with Crippen LogP contribution in [0, 0.1) is 11.3 Å². The van der Waals surface area contributed by atoms with Crippen LogP contribution in [-0.4, -0.2) is 52.3 Å². The second-order valence-electron chi connectivity index (χ2n) is 8.07. The van der Waals surface area contributed by atoms with Crippen molar-refractivity contribution in [1.29, 1.82) is 5.26 Å². The van der Waals surface area contributed by atoms with E-state index in [9.17, 15) is 27.6 Å². The molecule has 2 aromatic carbocycles. The number of amides is 4. The van der Waals surface area contributed by atoms with E-state index in [1.807, 2.05) is 0 Å². The molecule has 2 aromatic rings. The topological polar surface area (TPSA) is 84.7 Å². The zero-order chi connectivity index (χ0) is 23.7. The predicted octanol–water partition coefficient (Wildman–Crippen LogP) is 3.77. The smallest absolute Gasteiger partial charge is 0.331 e. The fraction of sp³-hybridized carbons (Fsp3) is 0.273. The van der Waals surface area contributed by atoms with Gasteiger partial charge in [0.1, 0.15) is 6.04 Å². The maximum absolute atomic E-state index is 13.4. The van der Waals surface area contributed by atoms with Gasteiger partial charge in [-0.2, -0.15) is 18.4 Å². The Morgan fingerprint density at radius 2 is 1.91 bits per heavy atom. The molecule has 3 fully saturated rings. The summed E-state index contributed by atoms with van der Waals surface area (Å²) in [6, 6.07) is 8.37. The summed E-state index contributed by atoms with van der Waals surface area (Å²) in [5.41, 5.74) is -1.64. The zero-order valence-electron chi connectivity index (χ0n) is 16.7. The van der Waals surface area contributed by atoms with Crippen LogP contribution in [0.5, 0.6) is 0 Å². The number of alkyl halides is 3. The molecule has 3 aliphatic heterocycles. The summed E-state index contributed by atoms with van der Waals surface area (Å²) in [6.45, 7) is 0.237. The first-order valence-electron chi connectivity index (χ1n) is 9.96. The number of likely N-dealkylation sites (tertiary alicyclic amines) is 1. The second-order valence-corrected chi connectivity index (χ2v) is 8.99. The minimum atomic E-state index is -4.82. The molecule has 0 aliphatic carbocycles. The third kappa shape index (κ3) is 3.20. The monoisotopic (exact) mass is 518 g/mol. The third-order valence-corrected chi connectivity index (χ3v) is 6.78. The molecular formula is C22H14BrF3N4O3. The second kappa shape index (κ2) is 7.31. The maximum atomic E-state index is 13.4. The van der Waals surface area contributed by atoms with E-state index < -0.39 is 47.4 Å². The fourth-order valence-electron chi connectivity index (χ4n) is 4.92. The molecule has 33 heavy (non-hydrogen) atoms. The van der Waals surface area contributed by atoms with Crippen molar-refractivity contribution >= 4 is 39.5 Å². The molecular weight excluding hydrogens is 505 g/mol. The molecule has 0 saturated carbocycles. The number of halogens is 4. The van der Waals surface area contributed by atoms with E-state index in [4.69, 9.17) is 5.26 Å². The van der Waals surface area contributed by atoms with Crippen molar-refractivity contribution in [2.45, 2.75) is 30.7 Å². The summed E-state index contributed by atoms with van der Waals surface area (Å²) in [6.07, 6.45) is -4.40. The molecule has 3 heterocycles. The highest BCUT2D eigenvalue weighted by Crippen LogP contribution is 2.44. The van der Waals surface area contributed by atoms with Gasteiger partial charge in [0.15, 0.2) is 0 Å². The normalized spacial score (nSPS) is 23.8. The van der Waals surface area contributed by atoms with Crippen LogP contribution in [-0.2, 0) is 11.0 Å². The lowest BCUT2D eigenvalue weighted by atomic mass is 10.1. The lowest BCUT2D eigenvalue weighted by Crippen LogP contribution is -2.54. The number of fused-ring (bicyclic) bond motifs is 5. The van der Waals surface area contributed by atoms with Gasteiger partial charge in [-0.15, -0.1) is 0 Å². The number of anilines is 1. The number of hydrogen-bond donors (Lipinski definition) is 0. The lowest BCUT2D eigenvalue weighted by Gasteiger charge is -2.35. The molecule has 0 N–H and O–H groups in total. The number of carbonyl (C=O) groups excluding carboxylic acids is 3. The number of piperazine rings is 1. The fourth-order valence-corrected chi connectivity index (χ4v) is 5.32. The van der Waals surface area contributed by atoms with Crippen molar-refractivity contribution in [3.05, 3.63) is 63.6 Å². The van der Waals surface area contributed by atoms with Crippen molar-refractivity contribution in [3.63, 3.8) is 0 Å². The Bertz CT molecular complexity index is 1260. The van der Waals surface area contributed by atoms with E-state index in [0.29, 0.717) is 23.0 Å². The van der Waals surface area contributed by atoms with Crippen LogP contribution in [0.2, 0.25) is 0 Å². The Labute approximate surface area is 194 Å². The van der Waals surface area contributed by atoms with Crippen LogP contribution in [0.15, 0.2) is 46.9 Å². The van der Waals surface area contributed by atoms with Gasteiger partial charge in [0, 0.05) is 16.6 Å². The first-order chi connectivity index (χ1) is 15.6. The van der Waals surface area contributed by atoms with E-state index in [-0.39, 0.29) is 18.1 Å². The molecule has 0 radical (unpaired) electrons. The van der Waals surface area contributed by atoms with E-state index in [0.717, 1.165) is 16.6 Å². The van der Waals surface area contributed by atoms with Gasteiger partial charge in [0.25, 0.3) is 11.8 Å². The van der Waals surface area contributed by atoms with Gasteiger partial charge in [-0.25, -0.2) is 9.69 Å². The van der Waals surface area contributed by atoms with Gasteiger partial charge in [-0.3, -0.25) is 9.59 Å². The SMILES string of the molecule is N#Cc1ccc(N2C(=O)C3C4CC(CN4C(=O)c4cccc(Br)c4)N3C2=O)cc1C(F)(F)F. The Kier molecular flexibility index (Phi) is 4.75. The summed E-state index contributed by atoms with van der Waals surface area (Å²) in [5.74, 6) is -0.961. The van der Waals surface area contributed by atoms with Crippen molar-refractivity contribution in [2.24, 2.45) is 0 Å². The first-order valence-corrected chi connectivity index (χ1v) is 10.7. The molecule has 0 aromatic heterocycles. The summed E-state index contributed by atoms with van der Waals surface area (Å²) < 4.78 is 40.9. The highest BCUT2D eigenvalue weighted by atomic mass is 79.9. The minimum absolute atomic E-state index is 0.237. The van der Waals surface area contributed by atoms with E-state index in [1.54, 1.807) is 29.2 Å². The molecule has 7 nitrogen and oxygen atoms in total. The minimum Gasteiger partial charge on any atom is -0.331 e. The van der Waals surface area contributed by atoms with Gasteiger partial charge in [0.05, 0.1) is 35.0 Å². The number of nitrogens with zero attached hydrogens (tertiary/aromatic N) is 4. The van der Waals surface area contributed by atoms with Gasteiger partial charge in [0.2, 0.25) is 0 Å². The quantitative estimate of drug-likeness (QED) is 0.566. The van der Waals surface area contributed by atoms with Crippen LogP contribution in [0.4, 0.5) is 23.7 Å². The maximum Gasteiger partial charge on any atom is 0.417 e. The summed E-state index contributed by atoms with van der Waals surface area (Å²) >= 11 is 3.32. The van der Waals surface area contributed by atoms with Crippen LogP contribution in [0.3, 0.4) is 0 Å². The van der Waals surface area contributed by atoms with E-state index >= 15 is 0 Å². The lowest BCUT2D eigenvalue weighted by molar-refractivity contribution is -0.137. The van der Waals surface area contributed by atoms with Crippen molar-refractivity contribution in [3.8, 4) is 6.07 Å². The van der Waals surface area contributed by atoms with Crippen molar-refractivity contribution < 1.29 is 27.6 Å². The Hall–Kier alpha value is -3.39. The first kappa shape index (κ1) is 21.5. The predicted molar refractivity (Wildman–Crippen MR) is 112 cm³/mol. The summed E-state index contributed by atoms with van der Waals surface area (Å²) in [7, 11) is 0. The molecule has 3 aliphatic rings. The Morgan fingerprint density at radius 3 is 2.58 bits per heavy atom. The molecule has 0 spiro atoms. The number of hydrogen-bond acceptors (Lipinski definition) is 4. The third-order valence-electron chi connectivity index (χ3n) is 6.28. The summed E-state index contributed by atoms with van der Waals surface area (Å²) in [5, 5.41) is 9.00. The molecule has 4 amide bonds. The van der Waals surface area contributed by atoms with Crippen LogP contribution < -0.4 is 4.90 Å². The average molecular weight is 519 g/mol. The zero-order valence-corrected chi connectivity index (χ0v) is 18.3. The molecule has 3 unspecified atom stereocenters. The Morgan fingerprint density at radius 1 is 1.15 bits per heavy atom. The van der Waals surface area contributed by atoms with E-state index in [1.165, 1.54) is 11.0 Å². The number of benzene rings is 2. The Balaban J connectivity index is 1.47. The number of imide groups is 1. The number of rotatable bonds is 2. The highest BCUT2D eigenvalue weighted by molar-refractivity contribution is 9.10. The van der Waals surface area contributed by atoms with Gasteiger partial charge < -0.3 is 9.80 Å². The van der Waals surface area contributed by atoms with Crippen LogP contribution >= 0.6 is 15.9 Å². The van der Waals surface area contributed by atoms with E-state index in [2.05, 4.69) is 15.9 Å². The molecule has 3 saturated heterocycles. The van der Waals surface area contributed by atoms with Gasteiger partial charge in [-0.1, -0.05) is 22.0 Å². The van der Waals surface area contributed by atoms with Crippen molar-refractivity contribution in [2.75, 3.05) is 11.4 Å².